The highest BCUT2D eigenvalue weighted by Crippen LogP contribution is 1.98. The van der Waals surface area contributed by atoms with Crippen molar-refractivity contribution < 1.29 is 4.74 Å². The van der Waals surface area contributed by atoms with Crippen molar-refractivity contribution in [1.29, 1.82) is 0 Å². The van der Waals surface area contributed by atoms with Gasteiger partial charge in [-0.25, -0.2) is 0 Å². The minimum atomic E-state index is 0.806. The third-order valence-electron chi connectivity index (χ3n) is 2.06. The molecule has 0 bridgehead atoms. The molecule has 1 rings (SSSR count). The molecule has 0 amide bonds. The second-order valence-corrected chi connectivity index (χ2v) is 3.31. The number of rotatable bonds is 5. The van der Waals surface area contributed by atoms with Gasteiger partial charge in [-0.05, 0) is 24.4 Å². The maximum atomic E-state index is 5.25. The zero-order chi connectivity index (χ0) is 10.9. The molecule has 15 heavy (non-hydrogen) atoms. The van der Waals surface area contributed by atoms with Crippen LogP contribution in [0.1, 0.15) is 0 Å². The first kappa shape index (κ1) is 11.9. The van der Waals surface area contributed by atoms with Crippen molar-refractivity contribution in [3.8, 4) is 0 Å². The molecule has 1 fully saturated rings. The van der Waals surface area contributed by atoms with E-state index in [-0.39, 0.29) is 0 Å². The molecule has 0 unspecified atom stereocenters. The minimum Gasteiger partial charge on any atom is -0.378 e. The molecular formula is C11H16N2OS. The summed E-state index contributed by atoms with van der Waals surface area (Å²) < 4.78 is 5.25. The molecule has 0 aromatic heterocycles. The number of thiocarbonyl (C=S) groups is 1. The van der Waals surface area contributed by atoms with Gasteiger partial charge in [0.1, 0.15) is 0 Å². The summed E-state index contributed by atoms with van der Waals surface area (Å²) in [7, 11) is 0. The van der Waals surface area contributed by atoms with Gasteiger partial charge in [0.15, 0.2) is 0 Å². The monoisotopic (exact) mass is 224 g/mol. The van der Waals surface area contributed by atoms with Gasteiger partial charge < -0.3 is 15.0 Å². The number of hydrogen-bond acceptors (Lipinski definition) is 3. The Morgan fingerprint density at radius 2 is 2.13 bits per heavy atom. The zero-order valence-corrected chi connectivity index (χ0v) is 9.50. The van der Waals surface area contributed by atoms with Gasteiger partial charge in [-0.3, -0.25) is 0 Å². The highest BCUT2D eigenvalue weighted by molar-refractivity contribution is 7.78. The van der Waals surface area contributed by atoms with Crippen molar-refractivity contribution >= 4 is 17.7 Å². The SMILES string of the molecule is C=C/C(=C\C=C\N1CCOCC1)NC=S. The molecule has 0 aromatic rings. The molecule has 4 heteroatoms. The lowest BCUT2D eigenvalue weighted by Gasteiger charge is -2.24. The van der Waals surface area contributed by atoms with Gasteiger partial charge in [0.2, 0.25) is 0 Å². The number of hydrogen-bond donors (Lipinski definition) is 1. The molecule has 3 nitrogen and oxygen atoms in total. The summed E-state index contributed by atoms with van der Waals surface area (Å²) in [5.74, 6) is 0. The van der Waals surface area contributed by atoms with Crippen LogP contribution < -0.4 is 5.32 Å². The van der Waals surface area contributed by atoms with Gasteiger partial charge in [-0.2, -0.15) is 0 Å². The quantitative estimate of drug-likeness (QED) is 0.564. The van der Waals surface area contributed by atoms with E-state index in [0.29, 0.717) is 0 Å². The molecule has 0 spiro atoms. The maximum absolute atomic E-state index is 5.25. The number of allylic oxidation sites excluding steroid dienone is 3. The van der Waals surface area contributed by atoms with Crippen LogP contribution in [-0.2, 0) is 4.74 Å². The summed E-state index contributed by atoms with van der Waals surface area (Å²) in [6.07, 6.45) is 7.70. The first-order valence-electron chi connectivity index (χ1n) is 4.89. The standard InChI is InChI=1S/C11H16N2OS/c1-2-11(12-10-15)4-3-5-13-6-8-14-9-7-13/h2-5,10H,1,6-9H2,(H,12,15)/b5-3+,11-4+. The van der Waals surface area contributed by atoms with Crippen molar-refractivity contribution in [3.05, 3.63) is 36.7 Å². The smallest absolute Gasteiger partial charge is 0.0658 e. The predicted octanol–water partition coefficient (Wildman–Crippen LogP) is 1.45. The van der Waals surface area contributed by atoms with Crippen LogP contribution in [0.3, 0.4) is 0 Å². The molecule has 0 aliphatic carbocycles. The Kier molecular flexibility index (Phi) is 5.73. The van der Waals surface area contributed by atoms with Crippen LogP contribution in [0.2, 0.25) is 0 Å². The fraction of sp³-hybridized carbons (Fsp3) is 0.364. The van der Waals surface area contributed by atoms with Crippen molar-refractivity contribution in [2.45, 2.75) is 0 Å². The zero-order valence-electron chi connectivity index (χ0n) is 8.69. The molecule has 1 aliphatic heterocycles. The summed E-state index contributed by atoms with van der Waals surface area (Å²) in [4.78, 5) is 2.22. The van der Waals surface area contributed by atoms with Crippen LogP contribution in [0.4, 0.5) is 0 Å². The van der Waals surface area contributed by atoms with Gasteiger partial charge in [-0.15, -0.1) is 0 Å². The third kappa shape index (κ3) is 4.76. The van der Waals surface area contributed by atoms with Crippen molar-refractivity contribution in [2.24, 2.45) is 0 Å². The first-order chi connectivity index (χ1) is 7.36. The summed E-state index contributed by atoms with van der Waals surface area (Å²) in [6.45, 7) is 7.20. The fourth-order valence-electron chi connectivity index (χ4n) is 1.24. The molecule has 82 valence electrons. The van der Waals surface area contributed by atoms with E-state index < -0.39 is 0 Å². The highest BCUT2D eigenvalue weighted by Gasteiger charge is 2.04. The van der Waals surface area contributed by atoms with Crippen LogP contribution in [0, 0.1) is 0 Å². The summed E-state index contributed by atoms with van der Waals surface area (Å²) in [5, 5.41) is 2.91. The van der Waals surface area contributed by atoms with Gasteiger partial charge in [0, 0.05) is 18.8 Å². The van der Waals surface area contributed by atoms with E-state index in [4.69, 9.17) is 17.0 Å². The minimum absolute atomic E-state index is 0.806. The Bertz CT molecular complexity index is 268. The van der Waals surface area contributed by atoms with Crippen molar-refractivity contribution in [3.63, 3.8) is 0 Å². The molecule has 0 aromatic carbocycles. The topological polar surface area (TPSA) is 24.5 Å². The van der Waals surface area contributed by atoms with Crippen LogP contribution in [0.5, 0.6) is 0 Å². The fourth-order valence-corrected chi connectivity index (χ4v) is 1.37. The van der Waals surface area contributed by atoms with E-state index in [1.165, 1.54) is 5.49 Å². The van der Waals surface area contributed by atoms with E-state index in [0.717, 1.165) is 32.0 Å². The Balaban J connectivity index is 2.40. The molecule has 0 radical (unpaired) electrons. The molecule has 1 saturated heterocycles. The molecule has 0 saturated carbocycles. The van der Waals surface area contributed by atoms with Crippen molar-refractivity contribution in [2.75, 3.05) is 26.3 Å². The Morgan fingerprint density at radius 3 is 2.73 bits per heavy atom. The van der Waals surface area contributed by atoms with Crippen LogP contribution in [-0.4, -0.2) is 36.7 Å². The maximum Gasteiger partial charge on any atom is 0.0658 e. The summed E-state index contributed by atoms with van der Waals surface area (Å²) in [6, 6.07) is 0. The lowest BCUT2D eigenvalue weighted by Crippen LogP contribution is -2.31. The van der Waals surface area contributed by atoms with Gasteiger partial charge in [0.05, 0.1) is 18.7 Å². The largest absolute Gasteiger partial charge is 0.378 e. The molecule has 0 atom stereocenters. The molecular weight excluding hydrogens is 208 g/mol. The summed E-state index contributed by atoms with van der Waals surface area (Å²) >= 11 is 4.69. The average Bonchev–Trinajstić information content (AvgIpc) is 2.29. The number of nitrogens with one attached hydrogen (secondary N) is 1. The predicted molar refractivity (Wildman–Crippen MR) is 66.6 cm³/mol. The second-order valence-electron chi connectivity index (χ2n) is 3.08. The Labute approximate surface area is 96.1 Å². The lowest BCUT2D eigenvalue weighted by atomic mass is 10.3. The van der Waals surface area contributed by atoms with Gasteiger partial charge >= 0.3 is 0 Å². The van der Waals surface area contributed by atoms with Crippen LogP contribution in [0.15, 0.2) is 36.7 Å². The van der Waals surface area contributed by atoms with Gasteiger partial charge in [-0.1, -0.05) is 18.8 Å². The van der Waals surface area contributed by atoms with E-state index in [1.54, 1.807) is 6.08 Å². The Hall–Kier alpha value is -1.13. The van der Waals surface area contributed by atoms with E-state index in [1.807, 2.05) is 12.2 Å². The van der Waals surface area contributed by atoms with Crippen molar-refractivity contribution in [1.82, 2.24) is 10.2 Å². The number of morpholine rings is 1. The van der Waals surface area contributed by atoms with E-state index in [2.05, 4.69) is 23.0 Å². The summed E-state index contributed by atoms with van der Waals surface area (Å²) in [5.41, 5.74) is 2.37. The molecule has 1 aliphatic rings. The molecule has 1 heterocycles. The Morgan fingerprint density at radius 1 is 1.40 bits per heavy atom. The average molecular weight is 224 g/mol. The normalized spacial score (nSPS) is 17.9. The third-order valence-corrected chi connectivity index (χ3v) is 2.18. The van der Waals surface area contributed by atoms with Crippen LogP contribution >= 0.6 is 12.2 Å². The number of ether oxygens (including phenoxy) is 1. The lowest BCUT2D eigenvalue weighted by molar-refractivity contribution is 0.0594. The van der Waals surface area contributed by atoms with E-state index >= 15 is 0 Å². The number of nitrogens with zero attached hydrogens (tertiary/aromatic N) is 1. The van der Waals surface area contributed by atoms with Gasteiger partial charge in [0.25, 0.3) is 0 Å². The van der Waals surface area contributed by atoms with E-state index in [9.17, 15) is 0 Å². The second kappa shape index (κ2) is 7.20. The first-order valence-corrected chi connectivity index (χ1v) is 5.37. The van der Waals surface area contributed by atoms with Crippen LogP contribution in [0.25, 0.3) is 0 Å². The molecule has 1 N–H and O–H groups in total. The highest BCUT2D eigenvalue weighted by atomic mass is 32.1.